The molecule has 0 fully saturated rings. The van der Waals surface area contributed by atoms with E-state index in [0.29, 0.717) is 5.56 Å². The summed E-state index contributed by atoms with van der Waals surface area (Å²) >= 11 is 0. The molecule has 0 spiro atoms. The number of fused-ring (bicyclic) bond motifs is 6. The van der Waals surface area contributed by atoms with Crippen LogP contribution in [0, 0.1) is 0 Å². The first-order valence-corrected chi connectivity index (χ1v) is 16.0. The number of aromatic nitrogens is 5. The Morgan fingerprint density at radius 2 is 0.780 bits per heavy atom. The Morgan fingerprint density at radius 3 is 1.28 bits per heavy atom. The minimum absolute atomic E-state index is 0.00201. The van der Waals surface area contributed by atoms with Crippen LogP contribution in [0.3, 0.4) is 0 Å². The predicted octanol–water partition coefficient (Wildman–Crippen LogP) is 11.1. The Bertz CT molecular complexity index is 3290. The summed E-state index contributed by atoms with van der Waals surface area (Å²) in [6.07, 6.45) is 0. The maximum atomic E-state index is 8.65. The van der Waals surface area contributed by atoms with Gasteiger partial charge in [0.15, 0.2) is 17.5 Å². The zero-order chi connectivity index (χ0) is 41.7. The van der Waals surface area contributed by atoms with Gasteiger partial charge in [0.2, 0.25) is 0 Å². The van der Waals surface area contributed by atoms with Crippen LogP contribution < -0.4 is 0 Å². The Kier molecular flexibility index (Phi) is 4.52. The van der Waals surface area contributed by atoms with Crippen LogP contribution in [0.2, 0.25) is 0 Å². The van der Waals surface area contributed by atoms with Gasteiger partial charge in [-0.25, -0.2) is 15.0 Å². The fraction of sp³-hybridized carbons (Fsp3) is 0. The summed E-state index contributed by atoms with van der Waals surface area (Å²) in [6, 6.07) is 32.8. The predicted molar refractivity (Wildman–Crippen MR) is 205 cm³/mol. The Morgan fingerprint density at radius 1 is 0.360 bits per heavy atom. The van der Waals surface area contributed by atoms with Crippen LogP contribution in [0.25, 0.3) is 89.2 Å². The number of nitrogens with zero attached hydrogens (tertiary/aromatic N) is 5. The molecule has 0 N–H and O–H groups in total. The van der Waals surface area contributed by atoms with E-state index in [0.717, 1.165) is 55.0 Å². The second kappa shape index (κ2) is 11.4. The van der Waals surface area contributed by atoms with Gasteiger partial charge in [-0.2, -0.15) is 0 Å². The van der Waals surface area contributed by atoms with Gasteiger partial charge in [-0.3, -0.25) is 0 Å². The fourth-order valence-corrected chi connectivity index (χ4v) is 6.78. The fourth-order valence-electron chi connectivity index (χ4n) is 6.78. The highest BCUT2D eigenvalue weighted by Crippen LogP contribution is 2.39. The zero-order valence-corrected chi connectivity index (χ0v) is 26.2. The Hall–Kier alpha value is -6.85. The smallest absolute Gasteiger partial charge is 0.164 e. The molecule has 0 bridgehead atoms. The van der Waals surface area contributed by atoms with E-state index >= 15 is 0 Å². The topological polar surface area (TPSA) is 48.5 Å². The molecule has 0 aliphatic carbocycles. The van der Waals surface area contributed by atoms with E-state index in [4.69, 9.17) is 13.7 Å². The van der Waals surface area contributed by atoms with Gasteiger partial charge in [-0.1, -0.05) is 115 Å². The van der Waals surface area contributed by atoms with Crippen molar-refractivity contribution in [2.75, 3.05) is 0 Å². The Labute approximate surface area is 302 Å². The van der Waals surface area contributed by atoms with Crippen LogP contribution in [-0.2, 0) is 0 Å². The number of para-hydroxylation sites is 3. The summed E-state index contributed by atoms with van der Waals surface area (Å²) in [4.78, 5) is 13.6. The highest BCUT2D eigenvalue weighted by atomic mass is 15.0. The summed E-state index contributed by atoms with van der Waals surface area (Å²) in [5, 5.41) is 4.33. The molecule has 5 heteroatoms. The molecule has 0 radical (unpaired) electrons. The van der Waals surface area contributed by atoms with Gasteiger partial charge in [-0.15, -0.1) is 0 Å². The van der Waals surface area contributed by atoms with Gasteiger partial charge in [0.05, 0.1) is 35.8 Å². The molecule has 0 saturated heterocycles. The van der Waals surface area contributed by atoms with E-state index in [-0.39, 0.29) is 28.6 Å². The van der Waals surface area contributed by atoms with E-state index in [9.17, 15) is 0 Å². The van der Waals surface area contributed by atoms with Crippen LogP contribution >= 0.6 is 0 Å². The first kappa shape index (κ1) is 19.8. The molecule has 50 heavy (non-hydrogen) atoms. The summed E-state index contributed by atoms with van der Waals surface area (Å²) in [5.41, 5.74) is 5.82. The summed E-state index contributed by atoms with van der Waals surface area (Å²) in [6.45, 7) is 0. The van der Waals surface area contributed by atoms with Crippen molar-refractivity contribution in [2.24, 2.45) is 0 Å². The van der Waals surface area contributed by atoms with E-state index < -0.39 is 60.4 Å². The van der Waals surface area contributed by atoms with Crippen LogP contribution in [-0.4, -0.2) is 24.1 Å². The van der Waals surface area contributed by atoms with Gasteiger partial charge in [0.25, 0.3) is 0 Å². The lowest BCUT2D eigenvalue weighted by atomic mass is 10.1. The molecule has 234 valence electrons. The molecular formula is C45H29N5. The lowest BCUT2D eigenvalue weighted by molar-refractivity contribution is 1.07. The van der Waals surface area contributed by atoms with Crippen molar-refractivity contribution >= 4 is 43.6 Å². The third kappa shape index (κ3) is 4.52. The molecule has 0 aliphatic heterocycles. The van der Waals surface area contributed by atoms with Crippen molar-refractivity contribution in [1.29, 1.82) is 0 Å². The maximum Gasteiger partial charge on any atom is 0.164 e. The molecule has 3 aromatic heterocycles. The molecule has 10 rings (SSSR count). The van der Waals surface area contributed by atoms with Crippen molar-refractivity contribution in [2.45, 2.75) is 0 Å². The minimum atomic E-state index is -0.602. The van der Waals surface area contributed by atoms with Gasteiger partial charge in [0, 0.05) is 49.6 Å². The van der Waals surface area contributed by atoms with Crippen LogP contribution in [0.5, 0.6) is 0 Å². The third-order valence-corrected chi connectivity index (χ3v) is 8.95. The standard InChI is InChI=1S/C45H29N5/c1-4-14-30(15-5-1)43-46-44(31-16-6-2-7-17-31)48-45(47-43)32-24-26-34(27-25-32)50-40-23-13-11-21-36(40)38-28-41-37(29-42(38)50)35-20-10-12-22-39(35)49(41)33-18-8-3-9-19-33/h1-29H/i1D,2D,4D,5D,6D,7D,14D,15D,16D,17D. The maximum absolute atomic E-state index is 8.65. The summed E-state index contributed by atoms with van der Waals surface area (Å²) in [7, 11) is 0. The van der Waals surface area contributed by atoms with Crippen molar-refractivity contribution in [1.82, 2.24) is 24.1 Å². The average Bonchev–Trinajstić information content (AvgIpc) is 3.78. The molecule has 0 aliphatic rings. The number of benzene rings is 7. The third-order valence-electron chi connectivity index (χ3n) is 8.95. The van der Waals surface area contributed by atoms with Crippen LogP contribution in [0.15, 0.2) is 176 Å². The lowest BCUT2D eigenvalue weighted by Gasteiger charge is -2.11. The molecule has 0 saturated carbocycles. The molecule has 10 aromatic rings. The molecular weight excluding hydrogens is 611 g/mol. The van der Waals surface area contributed by atoms with Gasteiger partial charge >= 0.3 is 0 Å². The molecule has 3 heterocycles. The average molecular weight is 650 g/mol. The molecule has 5 nitrogen and oxygen atoms in total. The first-order chi connectivity index (χ1) is 28.9. The number of rotatable bonds is 5. The number of hydrogen-bond donors (Lipinski definition) is 0. The molecule has 0 unspecified atom stereocenters. The van der Waals surface area contributed by atoms with Crippen molar-refractivity contribution in [3.8, 4) is 45.5 Å². The van der Waals surface area contributed by atoms with Crippen molar-refractivity contribution in [3.63, 3.8) is 0 Å². The quantitative estimate of drug-likeness (QED) is 0.186. The van der Waals surface area contributed by atoms with Crippen LogP contribution in [0.1, 0.15) is 13.7 Å². The van der Waals surface area contributed by atoms with E-state index in [1.807, 2.05) is 54.6 Å². The highest BCUT2D eigenvalue weighted by Gasteiger charge is 2.19. The van der Waals surface area contributed by atoms with E-state index in [1.54, 1.807) is 12.1 Å². The zero-order valence-electron chi connectivity index (χ0n) is 36.2. The largest absolute Gasteiger partial charge is 0.309 e. The monoisotopic (exact) mass is 649 g/mol. The van der Waals surface area contributed by atoms with Gasteiger partial charge < -0.3 is 9.13 Å². The first-order valence-electron chi connectivity index (χ1n) is 21.0. The summed E-state index contributed by atoms with van der Waals surface area (Å²) in [5.74, 6) is -0.634. The van der Waals surface area contributed by atoms with Crippen molar-refractivity contribution < 1.29 is 13.7 Å². The lowest BCUT2D eigenvalue weighted by Crippen LogP contribution is -2.00. The molecule has 0 amide bonds. The second-order valence-electron chi connectivity index (χ2n) is 11.8. The normalized spacial score (nSPS) is 14.4. The minimum Gasteiger partial charge on any atom is -0.309 e. The van der Waals surface area contributed by atoms with Crippen molar-refractivity contribution in [3.05, 3.63) is 176 Å². The second-order valence-corrected chi connectivity index (χ2v) is 11.8. The Balaban J connectivity index is 1.18. The summed E-state index contributed by atoms with van der Waals surface area (Å²) < 4.78 is 88.4. The van der Waals surface area contributed by atoms with Crippen LogP contribution in [0.4, 0.5) is 0 Å². The molecule has 0 atom stereocenters. The van der Waals surface area contributed by atoms with E-state index in [1.165, 1.54) is 0 Å². The SMILES string of the molecule is [2H]c1c([2H])c([2H])c(-c2nc(-c3ccc(-n4c5ccccc5c5cc6c(cc54)c4ccccc4n6-c4ccccc4)cc3)nc(-c3c([2H])c([2H])c([2H])c([2H])c3[2H])n2)c([2H])c1[2H]. The highest BCUT2D eigenvalue weighted by molar-refractivity contribution is 6.19. The molecule has 7 aromatic carbocycles. The van der Waals surface area contributed by atoms with Gasteiger partial charge in [0.1, 0.15) is 0 Å². The number of hydrogen-bond acceptors (Lipinski definition) is 3. The van der Waals surface area contributed by atoms with E-state index in [2.05, 4.69) is 72.6 Å². The van der Waals surface area contributed by atoms with Gasteiger partial charge in [-0.05, 0) is 60.7 Å².